The van der Waals surface area contributed by atoms with Crippen LogP contribution < -0.4 is 10.1 Å². The second kappa shape index (κ2) is 6.60. The van der Waals surface area contributed by atoms with E-state index >= 15 is 0 Å². The number of benzene rings is 2. The van der Waals surface area contributed by atoms with Gasteiger partial charge < -0.3 is 10.1 Å². The van der Waals surface area contributed by atoms with E-state index in [4.69, 9.17) is 16.3 Å². The highest BCUT2D eigenvalue weighted by molar-refractivity contribution is 6.31. The third-order valence-electron chi connectivity index (χ3n) is 3.07. The normalized spacial score (nSPS) is 12.2. The highest BCUT2D eigenvalue weighted by Gasteiger charge is 2.18. The highest BCUT2D eigenvalue weighted by Crippen LogP contribution is 2.33. The Kier molecular flexibility index (Phi) is 4.83. The zero-order valence-electron chi connectivity index (χ0n) is 11.2. The van der Waals surface area contributed by atoms with E-state index in [1.165, 1.54) is 0 Å². The van der Waals surface area contributed by atoms with E-state index < -0.39 is 0 Å². The van der Waals surface area contributed by atoms with Gasteiger partial charge in [0.2, 0.25) is 0 Å². The van der Waals surface area contributed by atoms with Crippen LogP contribution in [0.2, 0.25) is 5.02 Å². The SMILES string of the molecule is CCNC(c1ccccc1Cl)c1ccccc1OC. The van der Waals surface area contributed by atoms with Crippen LogP contribution in [0.4, 0.5) is 0 Å². The van der Waals surface area contributed by atoms with Gasteiger partial charge in [-0.05, 0) is 24.2 Å². The monoisotopic (exact) mass is 275 g/mol. The van der Waals surface area contributed by atoms with Crippen molar-refractivity contribution in [3.05, 3.63) is 64.7 Å². The maximum absolute atomic E-state index is 6.32. The molecule has 2 nitrogen and oxygen atoms in total. The summed E-state index contributed by atoms with van der Waals surface area (Å²) in [6.07, 6.45) is 0. The Hall–Kier alpha value is -1.51. The fourth-order valence-corrected chi connectivity index (χ4v) is 2.45. The van der Waals surface area contributed by atoms with Crippen molar-refractivity contribution in [2.24, 2.45) is 0 Å². The molecule has 2 rings (SSSR count). The number of ether oxygens (including phenoxy) is 1. The molecular formula is C16H18ClNO. The Morgan fingerprint density at radius 2 is 1.68 bits per heavy atom. The fourth-order valence-electron chi connectivity index (χ4n) is 2.21. The number of halogens is 1. The number of rotatable bonds is 5. The zero-order chi connectivity index (χ0) is 13.7. The van der Waals surface area contributed by atoms with Gasteiger partial charge in [0.15, 0.2) is 0 Å². The number of hydrogen-bond donors (Lipinski definition) is 1. The summed E-state index contributed by atoms with van der Waals surface area (Å²) in [5, 5.41) is 4.23. The lowest BCUT2D eigenvalue weighted by Crippen LogP contribution is -2.22. The Labute approximate surface area is 119 Å². The summed E-state index contributed by atoms with van der Waals surface area (Å²) in [6.45, 7) is 2.94. The molecule has 19 heavy (non-hydrogen) atoms. The Morgan fingerprint density at radius 1 is 1.05 bits per heavy atom. The van der Waals surface area contributed by atoms with Gasteiger partial charge in [-0.3, -0.25) is 0 Å². The summed E-state index contributed by atoms with van der Waals surface area (Å²) in [6, 6.07) is 16.0. The summed E-state index contributed by atoms with van der Waals surface area (Å²) >= 11 is 6.32. The van der Waals surface area contributed by atoms with Crippen molar-refractivity contribution in [2.45, 2.75) is 13.0 Å². The molecule has 0 radical (unpaired) electrons. The van der Waals surface area contributed by atoms with Crippen LogP contribution in [0.3, 0.4) is 0 Å². The first-order valence-electron chi connectivity index (χ1n) is 6.38. The van der Waals surface area contributed by atoms with Gasteiger partial charge in [-0.1, -0.05) is 54.9 Å². The van der Waals surface area contributed by atoms with Crippen molar-refractivity contribution in [1.29, 1.82) is 0 Å². The number of para-hydroxylation sites is 1. The number of methoxy groups -OCH3 is 1. The molecule has 0 aliphatic heterocycles. The topological polar surface area (TPSA) is 21.3 Å². The van der Waals surface area contributed by atoms with Gasteiger partial charge in [0.1, 0.15) is 5.75 Å². The molecule has 100 valence electrons. The predicted molar refractivity (Wildman–Crippen MR) is 80.0 cm³/mol. The highest BCUT2D eigenvalue weighted by atomic mass is 35.5. The van der Waals surface area contributed by atoms with Gasteiger partial charge in [0.25, 0.3) is 0 Å². The van der Waals surface area contributed by atoms with Crippen LogP contribution in [-0.2, 0) is 0 Å². The van der Waals surface area contributed by atoms with Crippen LogP contribution in [-0.4, -0.2) is 13.7 Å². The second-order valence-electron chi connectivity index (χ2n) is 4.25. The van der Waals surface area contributed by atoms with Gasteiger partial charge in [-0.2, -0.15) is 0 Å². The Bertz CT molecular complexity index is 542. The van der Waals surface area contributed by atoms with E-state index in [2.05, 4.69) is 18.3 Å². The Balaban J connectivity index is 2.49. The van der Waals surface area contributed by atoms with E-state index in [-0.39, 0.29) is 6.04 Å². The van der Waals surface area contributed by atoms with Gasteiger partial charge >= 0.3 is 0 Å². The van der Waals surface area contributed by atoms with Crippen molar-refractivity contribution in [1.82, 2.24) is 5.32 Å². The molecule has 0 aliphatic carbocycles. The van der Waals surface area contributed by atoms with Gasteiger partial charge in [0, 0.05) is 10.6 Å². The third kappa shape index (κ3) is 3.09. The lowest BCUT2D eigenvalue weighted by atomic mass is 9.97. The van der Waals surface area contributed by atoms with Gasteiger partial charge in [-0.25, -0.2) is 0 Å². The quantitative estimate of drug-likeness (QED) is 0.889. The Morgan fingerprint density at radius 3 is 2.32 bits per heavy atom. The smallest absolute Gasteiger partial charge is 0.123 e. The first-order chi connectivity index (χ1) is 9.27. The molecule has 0 saturated heterocycles. The molecule has 0 aliphatic rings. The molecule has 2 aromatic rings. The minimum absolute atomic E-state index is 0.0369. The van der Waals surface area contributed by atoms with Crippen molar-refractivity contribution in [3.63, 3.8) is 0 Å². The lowest BCUT2D eigenvalue weighted by Gasteiger charge is -2.22. The summed E-state index contributed by atoms with van der Waals surface area (Å²) in [4.78, 5) is 0. The molecule has 0 fully saturated rings. The molecule has 1 unspecified atom stereocenters. The molecular weight excluding hydrogens is 258 g/mol. The number of nitrogens with one attached hydrogen (secondary N) is 1. The summed E-state index contributed by atoms with van der Waals surface area (Å²) in [7, 11) is 1.69. The average Bonchev–Trinajstić information content (AvgIpc) is 2.46. The van der Waals surface area contributed by atoms with Crippen LogP contribution in [0, 0.1) is 0 Å². The van der Waals surface area contributed by atoms with Crippen molar-refractivity contribution < 1.29 is 4.74 Å². The second-order valence-corrected chi connectivity index (χ2v) is 4.66. The van der Waals surface area contributed by atoms with Crippen molar-refractivity contribution in [2.75, 3.05) is 13.7 Å². The van der Waals surface area contributed by atoms with Crippen LogP contribution in [0.25, 0.3) is 0 Å². The maximum Gasteiger partial charge on any atom is 0.123 e. The molecule has 0 heterocycles. The van der Waals surface area contributed by atoms with Crippen LogP contribution in [0.15, 0.2) is 48.5 Å². The summed E-state index contributed by atoms with van der Waals surface area (Å²) in [5.41, 5.74) is 2.16. The van der Waals surface area contributed by atoms with E-state index in [9.17, 15) is 0 Å². The van der Waals surface area contributed by atoms with E-state index in [1.807, 2.05) is 42.5 Å². The average molecular weight is 276 g/mol. The lowest BCUT2D eigenvalue weighted by molar-refractivity contribution is 0.404. The molecule has 1 N–H and O–H groups in total. The van der Waals surface area contributed by atoms with Crippen LogP contribution in [0.1, 0.15) is 24.1 Å². The van der Waals surface area contributed by atoms with Crippen molar-refractivity contribution >= 4 is 11.6 Å². The van der Waals surface area contributed by atoms with Gasteiger partial charge in [-0.15, -0.1) is 0 Å². The van der Waals surface area contributed by atoms with Crippen LogP contribution in [0.5, 0.6) is 5.75 Å². The molecule has 0 aromatic heterocycles. The third-order valence-corrected chi connectivity index (χ3v) is 3.42. The fraction of sp³-hybridized carbons (Fsp3) is 0.250. The predicted octanol–water partition coefficient (Wildman–Crippen LogP) is 4.05. The van der Waals surface area contributed by atoms with Crippen LogP contribution >= 0.6 is 11.6 Å². The number of hydrogen-bond acceptors (Lipinski definition) is 2. The molecule has 0 saturated carbocycles. The van der Waals surface area contributed by atoms with E-state index in [0.717, 1.165) is 28.4 Å². The van der Waals surface area contributed by atoms with E-state index in [0.29, 0.717) is 0 Å². The summed E-state index contributed by atoms with van der Waals surface area (Å²) in [5.74, 6) is 0.869. The molecule has 1 atom stereocenters. The summed E-state index contributed by atoms with van der Waals surface area (Å²) < 4.78 is 5.45. The molecule has 0 bridgehead atoms. The minimum Gasteiger partial charge on any atom is -0.496 e. The first-order valence-corrected chi connectivity index (χ1v) is 6.76. The molecule has 0 spiro atoms. The zero-order valence-corrected chi connectivity index (χ0v) is 11.9. The largest absolute Gasteiger partial charge is 0.496 e. The minimum atomic E-state index is 0.0369. The molecule has 2 aromatic carbocycles. The van der Waals surface area contributed by atoms with Crippen molar-refractivity contribution in [3.8, 4) is 5.75 Å². The maximum atomic E-state index is 6.32. The molecule has 3 heteroatoms. The van der Waals surface area contributed by atoms with Gasteiger partial charge in [0.05, 0.1) is 13.2 Å². The molecule has 0 amide bonds. The van der Waals surface area contributed by atoms with E-state index in [1.54, 1.807) is 7.11 Å². The standard InChI is InChI=1S/C16H18ClNO/c1-3-18-16(12-8-4-6-10-14(12)17)13-9-5-7-11-15(13)19-2/h4-11,16,18H,3H2,1-2H3. The first kappa shape index (κ1) is 13.9.